The Kier molecular flexibility index (Phi) is 6.02. The number of nitro groups is 1. The van der Waals surface area contributed by atoms with Crippen LogP contribution in [0.1, 0.15) is 22.3 Å². The average Bonchev–Trinajstić information content (AvgIpc) is 3.43. The van der Waals surface area contributed by atoms with E-state index in [0.29, 0.717) is 10.6 Å². The van der Waals surface area contributed by atoms with Gasteiger partial charge in [0, 0.05) is 32.4 Å². The van der Waals surface area contributed by atoms with Gasteiger partial charge in [0.15, 0.2) is 0 Å². The molecule has 1 aliphatic heterocycles. The van der Waals surface area contributed by atoms with Crippen molar-refractivity contribution in [3.63, 3.8) is 0 Å². The van der Waals surface area contributed by atoms with E-state index in [2.05, 4.69) is 31.9 Å². The van der Waals surface area contributed by atoms with Gasteiger partial charge in [-0.2, -0.15) is 5.01 Å². The quantitative estimate of drug-likeness (QED) is 0.213. The summed E-state index contributed by atoms with van der Waals surface area (Å²) in [5.41, 5.74) is 0.521. The summed E-state index contributed by atoms with van der Waals surface area (Å²) in [6.07, 6.45) is 0.771. The fourth-order valence-electron chi connectivity index (χ4n) is 5.47. The molecule has 1 heterocycles. The fraction of sp³-hybridized carbons (Fsp3) is 0.348. The third-order valence-electron chi connectivity index (χ3n) is 7.04. The van der Waals surface area contributed by atoms with Crippen LogP contribution >= 0.6 is 43.5 Å². The number of fused-ring (bicyclic) bond motifs is 5. The van der Waals surface area contributed by atoms with Gasteiger partial charge in [0.25, 0.3) is 23.4 Å². The third-order valence-corrected chi connectivity index (χ3v) is 10.6. The molecule has 3 aliphatic rings. The lowest BCUT2D eigenvalue weighted by Gasteiger charge is -2.31. The molecule has 5 rings (SSSR count). The van der Waals surface area contributed by atoms with Gasteiger partial charge in [0.05, 0.1) is 23.3 Å². The zero-order chi connectivity index (χ0) is 24.3. The summed E-state index contributed by atoms with van der Waals surface area (Å²) in [7, 11) is 0. The molecular formula is C23H18Br2ClN3O5. The van der Waals surface area contributed by atoms with Crippen LogP contribution in [0.5, 0.6) is 0 Å². The number of nitrogens with zero attached hydrogens (tertiary/aromatic N) is 3. The molecule has 0 radical (unpaired) electrons. The second-order valence-corrected chi connectivity index (χ2v) is 11.3. The van der Waals surface area contributed by atoms with Gasteiger partial charge in [0.1, 0.15) is 0 Å². The van der Waals surface area contributed by atoms with E-state index in [0.717, 1.165) is 16.4 Å². The number of nitro benzene ring substituents is 1. The van der Waals surface area contributed by atoms with Gasteiger partial charge in [-0.3, -0.25) is 24.5 Å². The minimum atomic E-state index is -0.616. The number of hydrazine groups is 1. The molecule has 0 aromatic heterocycles. The van der Waals surface area contributed by atoms with Crippen LogP contribution in [0.4, 0.5) is 5.69 Å². The van der Waals surface area contributed by atoms with Crippen molar-refractivity contribution in [2.45, 2.75) is 22.6 Å². The summed E-state index contributed by atoms with van der Waals surface area (Å²) in [4.78, 5) is 51.4. The maximum Gasteiger partial charge on any atom is 0.273 e. The van der Waals surface area contributed by atoms with Crippen LogP contribution in [0, 0.1) is 33.8 Å². The molecule has 6 atom stereocenters. The molecule has 0 N–H and O–H groups in total. The number of hydrogen-bond donors (Lipinski definition) is 0. The molecule has 3 amide bonds. The molecule has 2 bridgehead atoms. The van der Waals surface area contributed by atoms with Gasteiger partial charge < -0.3 is 0 Å². The van der Waals surface area contributed by atoms with Crippen molar-refractivity contribution >= 4 is 66.9 Å². The van der Waals surface area contributed by atoms with E-state index in [4.69, 9.17) is 11.6 Å². The molecule has 1 saturated heterocycles. The first-order valence-corrected chi connectivity index (χ1v) is 12.9. The summed E-state index contributed by atoms with van der Waals surface area (Å²) < 4.78 is 0. The molecule has 2 aromatic rings. The second-order valence-electron chi connectivity index (χ2n) is 8.75. The molecule has 176 valence electrons. The molecular weight excluding hydrogens is 594 g/mol. The van der Waals surface area contributed by atoms with Gasteiger partial charge in [0.2, 0.25) is 0 Å². The molecule has 0 spiro atoms. The highest BCUT2D eigenvalue weighted by atomic mass is 79.9. The van der Waals surface area contributed by atoms with Crippen LogP contribution in [0.3, 0.4) is 0 Å². The number of halogens is 3. The molecule has 2 aliphatic carbocycles. The third kappa shape index (κ3) is 3.58. The highest BCUT2D eigenvalue weighted by molar-refractivity contribution is 9.12. The van der Waals surface area contributed by atoms with E-state index in [1.807, 2.05) is 0 Å². The van der Waals surface area contributed by atoms with E-state index in [-0.39, 0.29) is 39.3 Å². The highest BCUT2D eigenvalue weighted by Crippen LogP contribution is 2.60. The zero-order valence-corrected chi connectivity index (χ0v) is 21.4. The van der Waals surface area contributed by atoms with Gasteiger partial charge in [-0.15, -0.1) is 0 Å². The van der Waals surface area contributed by atoms with Crippen LogP contribution in [0.15, 0.2) is 48.5 Å². The molecule has 3 fully saturated rings. The Morgan fingerprint density at radius 3 is 2.12 bits per heavy atom. The predicted octanol–water partition coefficient (Wildman–Crippen LogP) is 4.58. The monoisotopic (exact) mass is 609 g/mol. The number of alkyl halides is 2. The number of hydrogen-bond acceptors (Lipinski definition) is 5. The number of rotatable bonds is 5. The zero-order valence-electron chi connectivity index (χ0n) is 17.5. The highest BCUT2D eigenvalue weighted by Gasteiger charge is 2.67. The van der Waals surface area contributed by atoms with Crippen molar-refractivity contribution < 1.29 is 19.3 Å². The lowest BCUT2D eigenvalue weighted by Crippen LogP contribution is -2.50. The molecule has 2 saturated carbocycles. The normalized spacial score (nSPS) is 29.4. The van der Waals surface area contributed by atoms with Gasteiger partial charge in [-0.05, 0) is 42.0 Å². The molecule has 34 heavy (non-hydrogen) atoms. The number of benzene rings is 2. The minimum Gasteiger partial charge on any atom is -0.272 e. The Balaban J connectivity index is 1.53. The van der Waals surface area contributed by atoms with Gasteiger partial charge in [-0.1, -0.05) is 61.7 Å². The van der Waals surface area contributed by atoms with E-state index in [9.17, 15) is 24.5 Å². The van der Waals surface area contributed by atoms with Crippen LogP contribution < -0.4 is 0 Å². The summed E-state index contributed by atoms with van der Waals surface area (Å²) in [5, 5.41) is 13.5. The largest absolute Gasteiger partial charge is 0.273 e. The van der Waals surface area contributed by atoms with Crippen molar-refractivity contribution in [1.82, 2.24) is 10.0 Å². The lowest BCUT2D eigenvalue weighted by atomic mass is 9.81. The van der Waals surface area contributed by atoms with E-state index >= 15 is 0 Å². The summed E-state index contributed by atoms with van der Waals surface area (Å²) >= 11 is 13.7. The summed E-state index contributed by atoms with van der Waals surface area (Å²) in [5.74, 6) is -2.39. The van der Waals surface area contributed by atoms with Crippen molar-refractivity contribution in [3.05, 3.63) is 74.8 Å². The number of non-ortho nitro benzene ring substituents is 1. The first kappa shape index (κ1) is 23.4. The molecule has 2 aromatic carbocycles. The Hall–Kier alpha value is -2.30. The first-order valence-electron chi connectivity index (χ1n) is 10.7. The Labute approximate surface area is 216 Å². The van der Waals surface area contributed by atoms with E-state index < -0.39 is 34.5 Å². The standard InChI is InChI=1S/C23H18Br2ClN3O5/c24-19-14-9-15(20(19)25)18-17(14)22(31)28(23(18)32)27(10-12-3-1-2-4-16(12)26)21(30)11-5-7-13(8-6-11)29(33)34/h1-8,14-15,17-20H,9-10H2/t14-,15-,17-,18+,19-,20+/m1/s1. The smallest absolute Gasteiger partial charge is 0.272 e. The Bertz CT molecular complexity index is 1180. The van der Waals surface area contributed by atoms with Crippen LogP contribution in [-0.4, -0.2) is 42.3 Å². The number of imide groups is 1. The van der Waals surface area contributed by atoms with Crippen molar-refractivity contribution in [2.24, 2.45) is 23.7 Å². The minimum absolute atomic E-state index is 0.00235. The van der Waals surface area contributed by atoms with Crippen LogP contribution in [-0.2, 0) is 16.1 Å². The lowest BCUT2D eigenvalue weighted by molar-refractivity contribution is -0.384. The van der Waals surface area contributed by atoms with Crippen molar-refractivity contribution in [2.75, 3.05) is 0 Å². The maximum atomic E-state index is 13.6. The molecule has 8 nitrogen and oxygen atoms in total. The fourth-order valence-corrected chi connectivity index (χ4v) is 7.54. The number of amides is 3. The van der Waals surface area contributed by atoms with E-state index in [1.165, 1.54) is 24.3 Å². The topological polar surface area (TPSA) is 101 Å². The average molecular weight is 612 g/mol. The summed E-state index contributed by atoms with van der Waals surface area (Å²) in [6.45, 7) is -0.1000. The Morgan fingerprint density at radius 1 is 1.03 bits per heavy atom. The van der Waals surface area contributed by atoms with Crippen molar-refractivity contribution in [3.8, 4) is 0 Å². The van der Waals surface area contributed by atoms with E-state index in [1.54, 1.807) is 24.3 Å². The SMILES string of the molecule is O=C(c1ccc([N+](=O)[O-])cc1)N(Cc1ccccc1Cl)N1C(=O)[C@@H]2[C@H]3C[C@@H]([C@H](Br)[C@@H]3Br)[C@@H]2C1=O. The number of carbonyl (C=O) groups excluding carboxylic acids is 3. The molecule has 0 unspecified atom stereocenters. The molecule has 11 heteroatoms. The van der Waals surface area contributed by atoms with Crippen molar-refractivity contribution in [1.29, 1.82) is 0 Å². The van der Waals surface area contributed by atoms with Gasteiger partial charge >= 0.3 is 0 Å². The first-order chi connectivity index (χ1) is 16.2. The summed E-state index contributed by atoms with van der Waals surface area (Å²) in [6, 6.07) is 12.0. The second kappa shape index (κ2) is 8.73. The van der Waals surface area contributed by atoms with Gasteiger partial charge in [-0.25, -0.2) is 5.01 Å². The van der Waals surface area contributed by atoms with Crippen LogP contribution in [0.2, 0.25) is 5.02 Å². The predicted molar refractivity (Wildman–Crippen MR) is 130 cm³/mol. The maximum absolute atomic E-state index is 13.6. The van der Waals surface area contributed by atoms with Crippen LogP contribution in [0.25, 0.3) is 0 Å². The number of carbonyl (C=O) groups is 3. The Morgan fingerprint density at radius 2 is 1.59 bits per heavy atom.